The van der Waals surface area contributed by atoms with Gasteiger partial charge in [-0.1, -0.05) is 42.0 Å². The van der Waals surface area contributed by atoms with E-state index in [4.69, 9.17) is 0 Å². The number of benzene rings is 2. The second-order valence-corrected chi connectivity index (χ2v) is 4.76. The number of hydrogen-bond acceptors (Lipinski definition) is 2. The van der Waals surface area contributed by atoms with E-state index in [-0.39, 0.29) is 0 Å². The predicted octanol–water partition coefficient (Wildman–Crippen LogP) is 3.99. The highest BCUT2D eigenvalue weighted by atomic mass is 32.2. The quantitative estimate of drug-likeness (QED) is 0.804. The van der Waals surface area contributed by atoms with Gasteiger partial charge in [-0.3, -0.25) is 0 Å². The van der Waals surface area contributed by atoms with E-state index in [0.29, 0.717) is 5.75 Å². The zero-order chi connectivity index (χ0) is 11.4. The molecule has 0 aliphatic rings. The third kappa shape index (κ3) is 2.80. The Balaban J connectivity index is 2.02. The highest BCUT2D eigenvalue weighted by molar-refractivity contribution is 7.98. The number of aryl methyl sites for hydroxylation is 1. The maximum absolute atomic E-state index is 9.61. The topological polar surface area (TPSA) is 20.2 Å². The van der Waals surface area contributed by atoms with Gasteiger partial charge in [-0.2, -0.15) is 0 Å². The third-order valence-electron chi connectivity index (χ3n) is 2.38. The molecule has 0 fully saturated rings. The van der Waals surface area contributed by atoms with Crippen molar-refractivity contribution in [3.63, 3.8) is 0 Å². The summed E-state index contributed by atoms with van der Waals surface area (Å²) in [5.41, 5.74) is 2.55. The van der Waals surface area contributed by atoms with Crippen LogP contribution in [-0.2, 0) is 5.75 Å². The Hall–Kier alpha value is -1.41. The van der Waals surface area contributed by atoms with E-state index < -0.39 is 0 Å². The number of thioether (sulfide) groups is 1. The molecule has 0 spiro atoms. The van der Waals surface area contributed by atoms with Crippen LogP contribution in [-0.4, -0.2) is 5.11 Å². The Morgan fingerprint density at radius 1 is 1.00 bits per heavy atom. The average Bonchev–Trinajstić information content (AvgIpc) is 2.30. The van der Waals surface area contributed by atoms with Crippen LogP contribution in [0.3, 0.4) is 0 Å². The van der Waals surface area contributed by atoms with Gasteiger partial charge in [-0.25, -0.2) is 0 Å². The monoisotopic (exact) mass is 230 g/mol. The molecule has 0 aliphatic carbocycles. The SMILES string of the molecule is Cc1ccc(CSc2ccccc2O)cc1. The molecule has 1 nitrogen and oxygen atoms in total. The summed E-state index contributed by atoms with van der Waals surface area (Å²) in [4.78, 5) is 0.933. The number of hydrogen-bond donors (Lipinski definition) is 1. The molecule has 0 saturated carbocycles. The molecule has 0 unspecified atom stereocenters. The minimum atomic E-state index is 0.361. The van der Waals surface area contributed by atoms with E-state index in [9.17, 15) is 5.11 Å². The van der Waals surface area contributed by atoms with E-state index in [2.05, 4.69) is 31.2 Å². The van der Waals surface area contributed by atoms with Crippen LogP contribution >= 0.6 is 11.8 Å². The average molecular weight is 230 g/mol. The molecule has 0 aliphatic heterocycles. The third-order valence-corrected chi connectivity index (χ3v) is 3.51. The molecule has 2 aromatic rings. The fourth-order valence-electron chi connectivity index (χ4n) is 1.42. The highest BCUT2D eigenvalue weighted by Gasteiger charge is 2.00. The van der Waals surface area contributed by atoms with E-state index in [0.717, 1.165) is 10.6 Å². The Morgan fingerprint density at radius 2 is 1.69 bits per heavy atom. The van der Waals surface area contributed by atoms with Gasteiger partial charge in [0.25, 0.3) is 0 Å². The second kappa shape index (κ2) is 5.08. The summed E-state index contributed by atoms with van der Waals surface area (Å²) in [6.45, 7) is 2.08. The minimum absolute atomic E-state index is 0.361. The Kier molecular flexibility index (Phi) is 3.52. The van der Waals surface area contributed by atoms with Gasteiger partial charge in [0, 0.05) is 10.6 Å². The van der Waals surface area contributed by atoms with Gasteiger partial charge in [0.2, 0.25) is 0 Å². The number of phenolic OH excluding ortho intramolecular Hbond substituents is 1. The van der Waals surface area contributed by atoms with Crippen LogP contribution in [0, 0.1) is 6.92 Å². The molecule has 16 heavy (non-hydrogen) atoms. The van der Waals surface area contributed by atoms with Crippen LogP contribution < -0.4 is 0 Å². The first kappa shape index (κ1) is 11.1. The minimum Gasteiger partial charge on any atom is -0.507 e. The molecular formula is C14H14OS. The smallest absolute Gasteiger partial charge is 0.129 e. The van der Waals surface area contributed by atoms with Gasteiger partial charge < -0.3 is 5.11 Å². The van der Waals surface area contributed by atoms with Gasteiger partial charge >= 0.3 is 0 Å². The normalized spacial score (nSPS) is 10.3. The maximum Gasteiger partial charge on any atom is 0.129 e. The van der Waals surface area contributed by atoms with Crippen LogP contribution in [0.5, 0.6) is 5.75 Å². The van der Waals surface area contributed by atoms with Crippen molar-refractivity contribution >= 4 is 11.8 Å². The van der Waals surface area contributed by atoms with Gasteiger partial charge in [0.1, 0.15) is 5.75 Å². The molecule has 0 aromatic heterocycles. The van der Waals surface area contributed by atoms with Crippen molar-refractivity contribution in [1.29, 1.82) is 0 Å². The van der Waals surface area contributed by atoms with E-state index in [1.54, 1.807) is 17.8 Å². The standard InChI is InChI=1S/C14H14OS/c1-11-6-8-12(9-7-11)10-16-14-5-3-2-4-13(14)15/h2-9,15H,10H2,1H3. The Labute approximate surface area is 100 Å². The van der Waals surface area contributed by atoms with E-state index >= 15 is 0 Å². The molecule has 0 bridgehead atoms. The Morgan fingerprint density at radius 3 is 2.38 bits per heavy atom. The molecule has 0 radical (unpaired) electrons. The van der Waals surface area contributed by atoms with Gasteiger partial charge in [0.05, 0.1) is 0 Å². The lowest BCUT2D eigenvalue weighted by molar-refractivity contribution is 0.462. The van der Waals surface area contributed by atoms with Gasteiger partial charge in [-0.05, 0) is 24.6 Å². The highest BCUT2D eigenvalue weighted by Crippen LogP contribution is 2.30. The number of phenols is 1. The van der Waals surface area contributed by atoms with Crippen molar-refractivity contribution < 1.29 is 5.11 Å². The van der Waals surface area contributed by atoms with Gasteiger partial charge in [0.15, 0.2) is 0 Å². The van der Waals surface area contributed by atoms with E-state index in [1.807, 2.05) is 18.2 Å². The summed E-state index contributed by atoms with van der Waals surface area (Å²) in [7, 11) is 0. The van der Waals surface area contributed by atoms with Crippen LogP contribution in [0.15, 0.2) is 53.4 Å². The van der Waals surface area contributed by atoms with Crippen molar-refractivity contribution in [2.75, 3.05) is 0 Å². The number of rotatable bonds is 3. The van der Waals surface area contributed by atoms with Gasteiger partial charge in [-0.15, -0.1) is 11.8 Å². The second-order valence-electron chi connectivity index (χ2n) is 3.74. The van der Waals surface area contributed by atoms with Crippen molar-refractivity contribution in [3.05, 3.63) is 59.7 Å². The fourth-order valence-corrected chi connectivity index (χ4v) is 2.33. The molecule has 0 saturated heterocycles. The first-order valence-corrected chi connectivity index (χ1v) is 6.20. The first-order chi connectivity index (χ1) is 7.75. The Bertz CT molecular complexity index is 462. The van der Waals surface area contributed by atoms with Crippen LogP contribution in [0.1, 0.15) is 11.1 Å². The molecule has 2 aromatic carbocycles. The van der Waals surface area contributed by atoms with Crippen molar-refractivity contribution in [1.82, 2.24) is 0 Å². The number of aromatic hydroxyl groups is 1. The van der Waals surface area contributed by atoms with E-state index in [1.165, 1.54) is 11.1 Å². The summed E-state index contributed by atoms with van der Waals surface area (Å²) in [6.07, 6.45) is 0. The predicted molar refractivity (Wildman–Crippen MR) is 68.8 cm³/mol. The molecule has 82 valence electrons. The molecule has 0 heterocycles. The van der Waals surface area contributed by atoms with Crippen molar-refractivity contribution in [3.8, 4) is 5.75 Å². The van der Waals surface area contributed by atoms with Crippen molar-refractivity contribution in [2.24, 2.45) is 0 Å². The fraction of sp³-hybridized carbons (Fsp3) is 0.143. The molecule has 0 amide bonds. The lowest BCUT2D eigenvalue weighted by atomic mass is 10.2. The lowest BCUT2D eigenvalue weighted by Gasteiger charge is -2.04. The summed E-state index contributed by atoms with van der Waals surface area (Å²) >= 11 is 1.66. The first-order valence-electron chi connectivity index (χ1n) is 5.22. The molecule has 1 N–H and O–H groups in total. The molecule has 0 atom stereocenters. The van der Waals surface area contributed by atoms with Crippen molar-refractivity contribution in [2.45, 2.75) is 17.6 Å². The lowest BCUT2D eigenvalue weighted by Crippen LogP contribution is -1.81. The van der Waals surface area contributed by atoms with Crippen LogP contribution in [0.2, 0.25) is 0 Å². The summed E-state index contributed by atoms with van der Waals surface area (Å²) in [5, 5.41) is 9.61. The molecule has 2 rings (SSSR count). The number of para-hydroxylation sites is 1. The summed E-state index contributed by atoms with van der Waals surface area (Å²) in [6, 6.07) is 15.9. The zero-order valence-electron chi connectivity index (χ0n) is 9.18. The maximum atomic E-state index is 9.61. The molecule has 2 heteroatoms. The van der Waals surface area contributed by atoms with Crippen LogP contribution in [0.25, 0.3) is 0 Å². The zero-order valence-corrected chi connectivity index (χ0v) is 10.00. The molecular weight excluding hydrogens is 216 g/mol. The van der Waals surface area contributed by atoms with Crippen LogP contribution in [0.4, 0.5) is 0 Å². The summed E-state index contributed by atoms with van der Waals surface area (Å²) in [5.74, 6) is 1.25. The largest absolute Gasteiger partial charge is 0.507 e. The summed E-state index contributed by atoms with van der Waals surface area (Å²) < 4.78 is 0.